The fourth-order valence-corrected chi connectivity index (χ4v) is 5.05. The molecule has 2 atom stereocenters. The highest BCUT2D eigenvalue weighted by atomic mass is 32.1. The van der Waals surface area contributed by atoms with Gasteiger partial charge in [0.15, 0.2) is 0 Å². The molecule has 0 aliphatic carbocycles. The highest BCUT2D eigenvalue weighted by molar-refractivity contribution is 7.13. The van der Waals surface area contributed by atoms with Crippen LogP contribution in [-0.4, -0.2) is 45.4 Å². The van der Waals surface area contributed by atoms with Crippen LogP contribution < -0.4 is 5.32 Å². The fraction of sp³-hybridized carbons (Fsp3) is 0.526. The summed E-state index contributed by atoms with van der Waals surface area (Å²) in [5.41, 5.74) is 4.41. The SMILES string of the molecule is Cc1ncsc1-c1cc(C(=O)N2CCC[C@]3(C)NCCC[C@@H]23)ccn1. The first-order valence-electron chi connectivity index (χ1n) is 9.01. The van der Waals surface area contributed by atoms with E-state index in [0.717, 1.165) is 60.6 Å². The third-order valence-corrected chi connectivity index (χ3v) is 6.59. The minimum Gasteiger partial charge on any atom is -0.334 e. The summed E-state index contributed by atoms with van der Waals surface area (Å²) >= 11 is 1.57. The molecule has 0 radical (unpaired) electrons. The maximum atomic E-state index is 13.3. The number of hydrogen-bond acceptors (Lipinski definition) is 5. The zero-order valence-electron chi connectivity index (χ0n) is 14.8. The first kappa shape index (κ1) is 16.7. The number of amides is 1. The van der Waals surface area contributed by atoms with Crippen LogP contribution >= 0.6 is 11.3 Å². The first-order chi connectivity index (χ1) is 12.1. The van der Waals surface area contributed by atoms with Crippen molar-refractivity contribution in [2.75, 3.05) is 13.1 Å². The molecule has 0 unspecified atom stereocenters. The Kier molecular flexibility index (Phi) is 4.33. The highest BCUT2D eigenvalue weighted by Crippen LogP contribution is 2.34. The van der Waals surface area contributed by atoms with Gasteiger partial charge in [-0.1, -0.05) is 0 Å². The lowest BCUT2D eigenvalue weighted by Gasteiger charge is -2.51. The van der Waals surface area contributed by atoms with Crippen molar-refractivity contribution in [3.05, 3.63) is 35.1 Å². The topological polar surface area (TPSA) is 58.1 Å². The Labute approximate surface area is 152 Å². The Bertz CT molecular complexity index is 785. The fourth-order valence-electron chi connectivity index (χ4n) is 4.28. The van der Waals surface area contributed by atoms with E-state index in [0.29, 0.717) is 0 Å². The molecule has 6 heteroatoms. The lowest BCUT2D eigenvalue weighted by atomic mass is 9.77. The zero-order chi connectivity index (χ0) is 17.4. The maximum Gasteiger partial charge on any atom is 0.254 e. The van der Waals surface area contributed by atoms with E-state index in [4.69, 9.17) is 0 Å². The summed E-state index contributed by atoms with van der Waals surface area (Å²) in [6.07, 6.45) is 6.15. The number of likely N-dealkylation sites (tertiary alicyclic amines) is 1. The van der Waals surface area contributed by atoms with Crippen LogP contribution in [0.3, 0.4) is 0 Å². The summed E-state index contributed by atoms with van der Waals surface area (Å²) in [7, 11) is 0. The van der Waals surface area contributed by atoms with Crippen molar-refractivity contribution >= 4 is 17.2 Å². The molecule has 0 aromatic carbocycles. The number of fused-ring (bicyclic) bond motifs is 1. The number of carbonyl (C=O) groups excluding carboxylic acids is 1. The van der Waals surface area contributed by atoms with E-state index in [-0.39, 0.29) is 17.5 Å². The van der Waals surface area contributed by atoms with Crippen LogP contribution in [0, 0.1) is 6.92 Å². The normalized spacial score (nSPS) is 26.3. The molecule has 25 heavy (non-hydrogen) atoms. The van der Waals surface area contributed by atoms with Crippen LogP contribution in [0.4, 0.5) is 0 Å². The van der Waals surface area contributed by atoms with E-state index >= 15 is 0 Å². The molecule has 5 nitrogen and oxygen atoms in total. The Morgan fingerprint density at radius 1 is 1.40 bits per heavy atom. The Hall–Kier alpha value is -1.79. The molecule has 0 saturated carbocycles. The van der Waals surface area contributed by atoms with Crippen molar-refractivity contribution in [1.29, 1.82) is 0 Å². The Balaban J connectivity index is 1.63. The summed E-state index contributed by atoms with van der Waals surface area (Å²) < 4.78 is 0. The smallest absolute Gasteiger partial charge is 0.254 e. The molecule has 4 rings (SSSR count). The van der Waals surface area contributed by atoms with Crippen LogP contribution in [0.1, 0.15) is 48.7 Å². The van der Waals surface area contributed by atoms with Gasteiger partial charge in [0, 0.05) is 29.9 Å². The van der Waals surface area contributed by atoms with Crippen LogP contribution in [0.5, 0.6) is 0 Å². The van der Waals surface area contributed by atoms with Gasteiger partial charge in [0.1, 0.15) is 0 Å². The average Bonchev–Trinajstić information content (AvgIpc) is 3.06. The van der Waals surface area contributed by atoms with Crippen LogP contribution in [0.2, 0.25) is 0 Å². The molecule has 1 N–H and O–H groups in total. The highest BCUT2D eigenvalue weighted by Gasteiger charge is 2.44. The molecule has 0 spiro atoms. The number of aryl methyl sites for hydroxylation is 1. The number of pyridine rings is 1. The van der Waals surface area contributed by atoms with E-state index in [9.17, 15) is 4.79 Å². The number of aromatic nitrogens is 2. The van der Waals surface area contributed by atoms with Gasteiger partial charge in [-0.25, -0.2) is 4.98 Å². The van der Waals surface area contributed by atoms with Crippen molar-refractivity contribution in [2.45, 2.75) is 51.1 Å². The number of hydrogen-bond donors (Lipinski definition) is 1. The lowest BCUT2D eigenvalue weighted by Crippen LogP contribution is -2.65. The average molecular weight is 356 g/mol. The maximum absolute atomic E-state index is 13.3. The van der Waals surface area contributed by atoms with Gasteiger partial charge in [0.05, 0.1) is 21.8 Å². The van der Waals surface area contributed by atoms with E-state index < -0.39 is 0 Å². The second kappa shape index (κ2) is 6.50. The van der Waals surface area contributed by atoms with Gasteiger partial charge in [-0.2, -0.15) is 0 Å². The number of thiazole rings is 1. The van der Waals surface area contributed by atoms with Gasteiger partial charge in [0.2, 0.25) is 0 Å². The Morgan fingerprint density at radius 3 is 3.08 bits per heavy atom. The van der Waals surface area contributed by atoms with Gasteiger partial charge in [0.25, 0.3) is 5.91 Å². The second-order valence-corrected chi connectivity index (χ2v) is 8.16. The van der Waals surface area contributed by atoms with Gasteiger partial charge in [-0.05, 0) is 58.2 Å². The summed E-state index contributed by atoms with van der Waals surface area (Å²) in [4.78, 5) is 25.1. The molecule has 2 saturated heterocycles. The third-order valence-electron chi connectivity index (χ3n) is 5.64. The van der Waals surface area contributed by atoms with E-state index in [1.54, 1.807) is 17.5 Å². The van der Waals surface area contributed by atoms with Crippen molar-refractivity contribution in [2.24, 2.45) is 0 Å². The standard InChI is InChI=1S/C19H24N4OS/c1-13-17(25-12-21-13)15-11-14(6-9-20-15)18(24)23-10-4-7-19(2)16(23)5-3-8-22-19/h6,9,11-12,16,22H,3-5,7-8,10H2,1-2H3/t16-,19+/m1/s1. The first-order valence-corrected chi connectivity index (χ1v) is 9.89. The van der Waals surface area contributed by atoms with Crippen molar-refractivity contribution < 1.29 is 4.79 Å². The molecule has 2 aliphatic heterocycles. The minimum absolute atomic E-state index is 0.0519. The summed E-state index contributed by atoms with van der Waals surface area (Å²) in [6.45, 7) is 6.15. The predicted molar refractivity (Wildman–Crippen MR) is 99.8 cm³/mol. The van der Waals surface area contributed by atoms with Gasteiger partial charge >= 0.3 is 0 Å². The molecule has 0 bridgehead atoms. The summed E-state index contributed by atoms with van der Waals surface area (Å²) in [5.74, 6) is 0.130. The van der Waals surface area contributed by atoms with E-state index in [1.807, 2.05) is 24.6 Å². The van der Waals surface area contributed by atoms with Crippen LogP contribution in [0.25, 0.3) is 10.6 Å². The minimum atomic E-state index is 0.0519. The molecule has 132 valence electrons. The van der Waals surface area contributed by atoms with Crippen molar-refractivity contribution in [1.82, 2.24) is 20.2 Å². The molecular weight excluding hydrogens is 332 g/mol. The lowest BCUT2D eigenvalue weighted by molar-refractivity contribution is 0.0253. The van der Waals surface area contributed by atoms with Crippen molar-refractivity contribution in [3.8, 4) is 10.6 Å². The summed E-state index contributed by atoms with van der Waals surface area (Å²) in [5, 5.41) is 3.66. The van der Waals surface area contributed by atoms with Crippen LogP contribution in [-0.2, 0) is 0 Å². The van der Waals surface area contributed by atoms with Crippen LogP contribution in [0.15, 0.2) is 23.8 Å². The molecular formula is C19H24N4OS. The number of carbonyl (C=O) groups is 1. The number of piperidine rings is 2. The second-order valence-electron chi connectivity index (χ2n) is 7.30. The van der Waals surface area contributed by atoms with E-state index in [2.05, 4.69) is 27.1 Å². The summed E-state index contributed by atoms with van der Waals surface area (Å²) in [6, 6.07) is 4.04. The molecule has 2 aromatic rings. The Morgan fingerprint density at radius 2 is 2.28 bits per heavy atom. The molecule has 1 amide bonds. The zero-order valence-corrected chi connectivity index (χ0v) is 15.6. The molecule has 2 aromatic heterocycles. The number of nitrogens with one attached hydrogen (secondary N) is 1. The van der Waals surface area contributed by atoms with Gasteiger partial charge in [-0.15, -0.1) is 11.3 Å². The third kappa shape index (κ3) is 2.98. The monoisotopic (exact) mass is 356 g/mol. The van der Waals surface area contributed by atoms with Crippen molar-refractivity contribution in [3.63, 3.8) is 0 Å². The van der Waals surface area contributed by atoms with E-state index in [1.165, 1.54) is 0 Å². The quantitative estimate of drug-likeness (QED) is 0.897. The predicted octanol–water partition coefficient (Wildman–Crippen LogP) is 3.26. The molecule has 2 aliphatic rings. The molecule has 2 fully saturated rings. The largest absolute Gasteiger partial charge is 0.334 e. The van der Waals surface area contributed by atoms with Gasteiger partial charge in [-0.3, -0.25) is 9.78 Å². The number of nitrogens with zero attached hydrogens (tertiary/aromatic N) is 3. The molecule has 4 heterocycles. The van der Waals surface area contributed by atoms with Gasteiger partial charge < -0.3 is 10.2 Å². The number of rotatable bonds is 2.